The van der Waals surface area contributed by atoms with E-state index in [-0.39, 0.29) is 41.9 Å². The molecule has 19 heavy (non-hydrogen) atoms. The standard InChI is InChI=1S/C13H20N2.3ClH.FH/c1-2-12-3-5-13(6-4-12)11-15-9-7-14-8-10-15;;;;/h3-6,14H,2,7-11H2,1H3;4*1H. The van der Waals surface area contributed by atoms with E-state index in [2.05, 4.69) is 41.4 Å². The molecule has 1 aliphatic rings. The number of nitrogens with zero attached hydrogens (tertiary/aromatic N) is 1. The summed E-state index contributed by atoms with van der Waals surface area (Å²) in [5, 5.41) is 3.38. The van der Waals surface area contributed by atoms with Crippen molar-refractivity contribution in [2.45, 2.75) is 19.9 Å². The monoisotopic (exact) mass is 332 g/mol. The lowest BCUT2D eigenvalue weighted by Gasteiger charge is -2.27. The molecule has 0 bridgehead atoms. The van der Waals surface area contributed by atoms with E-state index in [4.69, 9.17) is 0 Å². The molecule has 0 amide bonds. The molecule has 0 aromatic heterocycles. The van der Waals surface area contributed by atoms with Gasteiger partial charge < -0.3 is 5.32 Å². The van der Waals surface area contributed by atoms with Gasteiger partial charge in [-0.3, -0.25) is 9.60 Å². The lowest BCUT2D eigenvalue weighted by Crippen LogP contribution is -2.42. The Morgan fingerprint density at radius 2 is 1.42 bits per heavy atom. The quantitative estimate of drug-likeness (QED) is 0.914. The van der Waals surface area contributed by atoms with Crippen LogP contribution in [0.25, 0.3) is 0 Å². The molecule has 1 saturated heterocycles. The first-order valence-electron chi connectivity index (χ1n) is 5.89. The number of nitrogens with one attached hydrogen (secondary N) is 1. The number of piperazine rings is 1. The Morgan fingerprint density at radius 3 is 1.89 bits per heavy atom. The topological polar surface area (TPSA) is 15.3 Å². The van der Waals surface area contributed by atoms with Gasteiger partial charge in [-0.25, -0.2) is 0 Å². The van der Waals surface area contributed by atoms with Gasteiger partial charge in [0.15, 0.2) is 0 Å². The minimum atomic E-state index is 0. The van der Waals surface area contributed by atoms with Crippen molar-refractivity contribution in [2.24, 2.45) is 0 Å². The van der Waals surface area contributed by atoms with Crippen LogP contribution in [0.3, 0.4) is 0 Å². The second-order valence-corrected chi connectivity index (χ2v) is 4.20. The van der Waals surface area contributed by atoms with Crippen LogP contribution in [0.4, 0.5) is 4.70 Å². The minimum absolute atomic E-state index is 0. The van der Waals surface area contributed by atoms with Gasteiger partial charge in [0.2, 0.25) is 0 Å². The Hall–Kier alpha value is -0.0600. The van der Waals surface area contributed by atoms with Gasteiger partial charge in [0, 0.05) is 32.7 Å². The summed E-state index contributed by atoms with van der Waals surface area (Å²) in [6, 6.07) is 9.02. The molecule has 0 atom stereocenters. The van der Waals surface area contributed by atoms with E-state index in [1.807, 2.05) is 0 Å². The first kappa shape index (κ1) is 24.0. The summed E-state index contributed by atoms with van der Waals surface area (Å²) >= 11 is 0. The van der Waals surface area contributed by atoms with Crippen LogP contribution in [0.2, 0.25) is 0 Å². The van der Waals surface area contributed by atoms with Gasteiger partial charge in [-0.05, 0) is 17.5 Å². The van der Waals surface area contributed by atoms with Crippen LogP contribution in [0.1, 0.15) is 18.1 Å². The molecule has 114 valence electrons. The lowest BCUT2D eigenvalue weighted by molar-refractivity contribution is 0.233. The van der Waals surface area contributed by atoms with E-state index in [1.54, 1.807) is 0 Å². The maximum absolute atomic E-state index is 3.38. The molecule has 1 aromatic carbocycles. The van der Waals surface area contributed by atoms with Crippen LogP contribution in [-0.4, -0.2) is 31.1 Å². The Morgan fingerprint density at radius 1 is 0.947 bits per heavy atom. The summed E-state index contributed by atoms with van der Waals surface area (Å²) in [5.41, 5.74) is 2.87. The van der Waals surface area contributed by atoms with Gasteiger partial charge in [0.05, 0.1) is 0 Å². The van der Waals surface area contributed by atoms with E-state index < -0.39 is 0 Å². The number of hydrogen-bond donors (Lipinski definition) is 1. The Bertz CT molecular complexity index is 303. The summed E-state index contributed by atoms with van der Waals surface area (Å²) in [5.74, 6) is 0. The summed E-state index contributed by atoms with van der Waals surface area (Å²) in [6.07, 6.45) is 1.13. The second kappa shape index (κ2) is 12.9. The van der Waals surface area contributed by atoms with Gasteiger partial charge in [-0.2, -0.15) is 0 Å². The van der Waals surface area contributed by atoms with Crippen molar-refractivity contribution in [3.8, 4) is 0 Å². The number of benzene rings is 1. The minimum Gasteiger partial charge on any atom is -0.314 e. The van der Waals surface area contributed by atoms with Crippen molar-refractivity contribution >= 4 is 37.2 Å². The zero-order valence-electron chi connectivity index (χ0n) is 11.1. The average molecular weight is 334 g/mol. The van der Waals surface area contributed by atoms with Gasteiger partial charge in [0.25, 0.3) is 0 Å². The van der Waals surface area contributed by atoms with E-state index in [9.17, 15) is 0 Å². The highest BCUT2D eigenvalue weighted by molar-refractivity contribution is 5.86. The van der Waals surface area contributed by atoms with Gasteiger partial charge in [-0.15, -0.1) is 37.2 Å². The van der Waals surface area contributed by atoms with Crippen molar-refractivity contribution in [2.75, 3.05) is 26.2 Å². The maximum Gasteiger partial charge on any atom is 0.0234 e. The molecule has 1 aromatic rings. The fourth-order valence-corrected chi connectivity index (χ4v) is 2.01. The molecule has 2 nitrogen and oxygen atoms in total. The van der Waals surface area contributed by atoms with E-state index >= 15 is 0 Å². The molecule has 0 radical (unpaired) electrons. The van der Waals surface area contributed by atoms with Crippen molar-refractivity contribution in [3.63, 3.8) is 0 Å². The Kier molecular flexibility index (Phi) is 16.3. The predicted octanol–water partition coefficient (Wildman–Crippen LogP) is 3.07. The van der Waals surface area contributed by atoms with Gasteiger partial charge >= 0.3 is 0 Å². The van der Waals surface area contributed by atoms with E-state index in [0.717, 1.165) is 26.1 Å². The molecule has 0 aliphatic carbocycles. The lowest BCUT2D eigenvalue weighted by atomic mass is 10.1. The Balaban J connectivity index is -0.000000640. The van der Waals surface area contributed by atoms with Crippen LogP contribution in [0.5, 0.6) is 0 Å². The van der Waals surface area contributed by atoms with E-state index in [1.165, 1.54) is 24.2 Å². The third-order valence-corrected chi connectivity index (χ3v) is 3.05. The molecular formula is C13H24Cl3FN2. The van der Waals surface area contributed by atoms with Crippen LogP contribution >= 0.6 is 37.2 Å². The van der Waals surface area contributed by atoms with Crippen LogP contribution in [-0.2, 0) is 13.0 Å². The van der Waals surface area contributed by atoms with Crippen molar-refractivity contribution in [1.29, 1.82) is 0 Å². The van der Waals surface area contributed by atoms with Crippen molar-refractivity contribution in [3.05, 3.63) is 35.4 Å². The van der Waals surface area contributed by atoms with Crippen LogP contribution < -0.4 is 5.32 Å². The number of hydrogen-bond acceptors (Lipinski definition) is 2. The predicted molar refractivity (Wildman–Crippen MR) is 88.2 cm³/mol. The van der Waals surface area contributed by atoms with Crippen molar-refractivity contribution in [1.82, 2.24) is 10.2 Å². The van der Waals surface area contributed by atoms with Crippen LogP contribution in [0.15, 0.2) is 24.3 Å². The summed E-state index contributed by atoms with van der Waals surface area (Å²) in [4.78, 5) is 2.51. The molecule has 0 unspecified atom stereocenters. The number of aryl methyl sites for hydroxylation is 1. The fourth-order valence-electron chi connectivity index (χ4n) is 2.01. The molecule has 6 heteroatoms. The third kappa shape index (κ3) is 7.95. The summed E-state index contributed by atoms with van der Waals surface area (Å²) in [6.45, 7) is 7.92. The first-order valence-corrected chi connectivity index (χ1v) is 5.89. The van der Waals surface area contributed by atoms with Gasteiger partial charge in [0.1, 0.15) is 0 Å². The average Bonchev–Trinajstić information content (AvgIpc) is 2.31. The Labute approximate surface area is 133 Å². The smallest absolute Gasteiger partial charge is 0.0234 e. The van der Waals surface area contributed by atoms with Crippen LogP contribution in [0, 0.1) is 0 Å². The molecule has 1 heterocycles. The SMILES string of the molecule is CCc1ccc(CN2CCNCC2)cc1.Cl.Cl.Cl.F. The molecule has 2 rings (SSSR count). The molecule has 0 saturated carbocycles. The summed E-state index contributed by atoms with van der Waals surface area (Å²) < 4.78 is 0. The normalized spacial score (nSPS) is 14.2. The molecule has 1 aliphatic heterocycles. The highest BCUT2D eigenvalue weighted by atomic mass is 35.5. The second-order valence-electron chi connectivity index (χ2n) is 4.20. The fraction of sp³-hybridized carbons (Fsp3) is 0.538. The largest absolute Gasteiger partial charge is 0.314 e. The highest BCUT2D eigenvalue weighted by Gasteiger charge is 2.09. The van der Waals surface area contributed by atoms with E-state index in [0.29, 0.717) is 0 Å². The summed E-state index contributed by atoms with van der Waals surface area (Å²) in [7, 11) is 0. The highest BCUT2D eigenvalue weighted by Crippen LogP contribution is 2.08. The molecule has 1 N–H and O–H groups in total. The number of rotatable bonds is 3. The molecule has 0 spiro atoms. The zero-order valence-corrected chi connectivity index (χ0v) is 13.6. The molecular weight excluding hydrogens is 310 g/mol. The van der Waals surface area contributed by atoms with Gasteiger partial charge in [-0.1, -0.05) is 31.2 Å². The zero-order chi connectivity index (χ0) is 10.5. The number of halogens is 4. The van der Waals surface area contributed by atoms with Crippen molar-refractivity contribution < 1.29 is 4.70 Å². The first-order chi connectivity index (χ1) is 7.38. The molecule has 1 fully saturated rings. The maximum atomic E-state index is 3.38. The third-order valence-electron chi connectivity index (χ3n) is 3.05.